The van der Waals surface area contributed by atoms with Gasteiger partial charge in [0.2, 0.25) is 23.6 Å². The number of nitrogens with zero attached hydrogens (tertiary/aromatic N) is 1. The van der Waals surface area contributed by atoms with Gasteiger partial charge in [0.05, 0.1) is 19.0 Å². The molecule has 1 heterocycles. The van der Waals surface area contributed by atoms with Crippen LogP contribution in [-0.2, 0) is 28.8 Å². The molecule has 0 radical (unpaired) electrons. The molecular weight excluding hydrogens is 390 g/mol. The predicted molar refractivity (Wildman–Crippen MR) is 96.0 cm³/mol. The molecule has 1 rings (SSSR count). The summed E-state index contributed by atoms with van der Waals surface area (Å²) < 4.78 is 0. The lowest BCUT2D eigenvalue weighted by atomic mass is 10.1. The third-order valence-corrected chi connectivity index (χ3v) is 4.32. The first-order valence-corrected chi connectivity index (χ1v) is 8.89. The molecule has 13 nitrogen and oxygen atoms in total. The lowest BCUT2D eigenvalue weighted by molar-refractivity contribution is -0.148. The summed E-state index contributed by atoms with van der Waals surface area (Å²) in [5.74, 6) is -5.53. The van der Waals surface area contributed by atoms with Gasteiger partial charge < -0.3 is 37.2 Å². The Labute approximate surface area is 165 Å². The number of carboxylic acid groups (broad SMARTS) is 2. The van der Waals surface area contributed by atoms with E-state index in [1.54, 1.807) is 0 Å². The zero-order chi connectivity index (χ0) is 22.1. The Bertz CT molecular complexity index is 682. The van der Waals surface area contributed by atoms with Crippen molar-refractivity contribution in [3.05, 3.63) is 0 Å². The van der Waals surface area contributed by atoms with Gasteiger partial charge in [0.15, 0.2) is 0 Å². The molecule has 1 fully saturated rings. The minimum Gasteiger partial charge on any atom is -0.481 e. The minimum absolute atomic E-state index is 0.192. The number of hydrogen-bond acceptors (Lipinski definition) is 7. The highest BCUT2D eigenvalue weighted by Crippen LogP contribution is 2.17. The van der Waals surface area contributed by atoms with Crippen LogP contribution < -0.4 is 22.1 Å². The van der Waals surface area contributed by atoms with E-state index in [0.29, 0.717) is 12.8 Å². The molecule has 13 heteroatoms. The third-order valence-electron chi connectivity index (χ3n) is 4.32. The summed E-state index contributed by atoms with van der Waals surface area (Å²) in [7, 11) is 0. The minimum atomic E-state index is -1.42. The average Bonchev–Trinajstić information content (AvgIpc) is 3.12. The molecule has 1 saturated heterocycles. The van der Waals surface area contributed by atoms with Gasteiger partial charge in [-0.1, -0.05) is 0 Å². The predicted octanol–water partition coefficient (Wildman–Crippen LogP) is -3.27. The van der Waals surface area contributed by atoms with Crippen LogP contribution in [-0.4, -0.2) is 81.9 Å². The molecule has 0 aromatic carbocycles. The van der Waals surface area contributed by atoms with Crippen molar-refractivity contribution in [2.45, 2.75) is 50.2 Å². The Morgan fingerprint density at radius 2 is 1.76 bits per heavy atom. The Morgan fingerprint density at radius 3 is 2.31 bits per heavy atom. The van der Waals surface area contributed by atoms with Crippen molar-refractivity contribution in [1.29, 1.82) is 0 Å². The first kappa shape index (κ1) is 23.8. The second-order valence-electron chi connectivity index (χ2n) is 6.57. The smallest absolute Gasteiger partial charge is 0.326 e. The quantitative estimate of drug-likeness (QED) is 0.199. The second kappa shape index (κ2) is 10.9. The van der Waals surface area contributed by atoms with Crippen molar-refractivity contribution < 1.29 is 39.0 Å². The molecule has 8 N–H and O–H groups in total. The number of aliphatic carboxylic acids is 2. The molecule has 29 heavy (non-hydrogen) atoms. The zero-order valence-corrected chi connectivity index (χ0v) is 15.6. The van der Waals surface area contributed by atoms with Crippen molar-refractivity contribution in [3.63, 3.8) is 0 Å². The van der Waals surface area contributed by atoms with Crippen LogP contribution in [0.2, 0.25) is 0 Å². The van der Waals surface area contributed by atoms with Crippen molar-refractivity contribution in [2.75, 3.05) is 13.1 Å². The van der Waals surface area contributed by atoms with E-state index in [1.165, 1.54) is 0 Å². The number of nitrogens with one attached hydrogen (secondary N) is 2. The molecule has 1 aliphatic rings. The highest BCUT2D eigenvalue weighted by Gasteiger charge is 2.34. The molecule has 1 aliphatic heterocycles. The summed E-state index contributed by atoms with van der Waals surface area (Å²) in [5, 5.41) is 22.3. The Kier molecular flexibility index (Phi) is 8.99. The number of carboxylic acids is 2. The number of nitrogens with two attached hydrogens (primary N) is 2. The molecule has 3 atom stereocenters. The number of carbonyl (C=O) groups excluding carboxylic acids is 4. The number of likely N-dealkylation sites (tertiary alicyclic amines) is 1. The van der Waals surface area contributed by atoms with Crippen LogP contribution in [0.4, 0.5) is 0 Å². The van der Waals surface area contributed by atoms with Crippen LogP contribution in [0.15, 0.2) is 0 Å². The summed E-state index contributed by atoms with van der Waals surface area (Å²) in [5.41, 5.74) is 10.5. The van der Waals surface area contributed by atoms with E-state index in [1.807, 2.05) is 0 Å². The Balaban J connectivity index is 2.69. The van der Waals surface area contributed by atoms with Gasteiger partial charge in [-0.15, -0.1) is 0 Å². The largest absolute Gasteiger partial charge is 0.481 e. The van der Waals surface area contributed by atoms with Gasteiger partial charge in [-0.25, -0.2) is 4.79 Å². The van der Waals surface area contributed by atoms with Gasteiger partial charge >= 0.3 is 11.9 Å². The van der Waals surface area contributed by atoms with Gasteiger partial charge in [0.25, 0.3) is 0 Å². The monoisotopic (exact) mass is 415 g/mol. The van der Waals surface area contributed by atoms with Crippen LogP contribution in [0.5, 0.6) is 0 Å². The van der Waals surface area contributed by atoms with Gasteiger partial charge in [-0.2, -0.15) is 0 Å². The fourth-order valence-electron chi connectivity index (χ4n) is 2.82. The molecule has 0 saturated carbocycles. The topological polar surface area (TPSA) is 222 Å². The third kappa shape index (κ3) is 7.73. The van der Waals surface area contributed by atoms with Crippen molar-refractivity contribution in [2.24, 2.45) is 11.5 Å². The summed E-state index contributed by atoms with van der Waals surface area (Å²) in [4.78, 5) is 70.4. The Morgan fingerprint density at radius 1 is 1.10 bits per heavy atom. The van der Waals surface area contributed by atoms with E-state index in [0.717, 1.165) is 4.90 Å². The van der Waals surface area contributed by atoms with Crippen LogP contribution in [0.3, 0.4) is 0 Å². The van der Waals surface area contributed by atoms with E-state index >= 15 is 0 Å². The number of carbonyl (C=O) groups is 6. The average molecular weight is 415 g/mol. The molecule has 4 amide bonds. The first-order chi connectivity index (χ1) is 13.5. The van der Waals surface area contributed by atoms with E-state index < -0.39 is 66.7 Å². The number of primary amides is 1. The maximum atomic E-state index is 12.3. The number of hydrogen-bond donors (Lipinski definition) is 6. The van der Waals surface area contributed by atoms with Gasteiger partial charge in [0, 0.05) is 13.0 Å². The van der Waals surface area contributed by atoms with Crippen LogP contribution in [0.25, 0.3) is 0 Å². The lowest BCUT2D eigenvalue weighted by Crippen LogP contribution is -2.54. The number of amides is 4. The maximum Gasteiger partial charge on any atom is 0.326 e. The second-order valence-corrected chi connectivity index (χ2v) is 6.57. The van der Waals surface area contributed by atoms with E-state index in [2.05, 4.69) is 10.6 Å². The van der Waals surface area contributed by atoms with Crippen molar-refractivity contribution in [1.82, 2.24) is 15.5 Å². The summed E-state index contributed by atoms with van der Waals surface area (Å²) in [6.45, 7) is -0.260. The summed E-state index contributed by atoms with van der Waals surface area (Å²) in [6, 6.07) is -3.66. The van der Waals surface area contributed by atoms with E-state index in [9.17, 15) is 28.8 Å². The lowest BCUT2D eigenvalue weighted by Gasteiger charge is -2.23. The van der Waals surface area contributed by atoms with Gasteiger partial charge in [-0.3, -0.25) is 24.0 Å². The van der Waals surface area contributed by atoms with Gasteiger partial charge in [-0.05, 0) is 19.3 Å². The highest BCUT2D eigenvalue weighted by atomic mass is 16.4. The van der Waals surface area contributed by atoms with Crippen molar-refractivity contribution in [3.8, 4) is 0 Å². The maximum absolute atomic E-state index is 12.3. The van der Waals surface area contributed by atoms with Crippen molar-refractivity contribution >= 4 is 35.6 Å². The molecule has 162 valence electrons. The highest BCUT2D eigenvalue weighted by molar-refractivity contribution is 5.93. The zero-order valence-electron chi connectivity index (χ0n) is 15.6. The fourth-order valence-corrected chi connectivity index (χ4v) is 2.82. The standard InChI is InChI=1S/C16H25N5O8/c17-8(6-13(24)25)14(26)20-9(3-4-11(18)22)15(27)19-7-12(23)21-5-1-2-10(21)16(28)29/h8-10H,1-7,17H2,(H2,18,22)(H,19,27)(H,20,26)(H,24,25)(H,28,29). The molecule has 0 aromatic rings. The van der Waals surface area contributed by atoms with E-state index in [4.69, 9.17) is 21.7 Å². The fraction of sp³-hybridized carbons (Fsp3) is 0.625. The molecule has 0 aromatic heterocycles. The van der Waals surface area contributed by atoms with Gasteiger partial charge in [0.1, 0.15) is 12.1 Å². The molecule has 0 aliphatic carbocycles. The summed E-state index contributed by atoms with van der Waals surface area (Å²) in [6.07, 6.45) is -0.279. The van der Waals surface area contributed by atoms with E-state index in [-0.39, 0.29) is 19.4 Å². The SMILES string of the molecule is NC(=O)CCC(NC(=O)C(N)CC(=O)O)C(=O)NCC(=O)N1CCCC1C(=O)O. The summed E-state index contributed by atoms with van der Waals surface area (Å²) >= 11 is 0. The number of rotatable bonds is 11. The molecule has 0 spiro atoms. The molecule has 3 unspecified atom stereocenters. The van der Waals surface area contributed by atoms with Crippen LogP contribution >= 0.6 is 0 Å². The normalized spacial score (nSPS) is 17.8. The van der Waals surface area contributed by atoms with Crippen LogP contribution in [0.1, 0.15) is 32.1 Å². The molecule has 0 bridgehead atoms. The first-order valence-electron chi connectivity index (χ1n) is 8.89. The molecular formula is C16H25N5O8. The Hall–Kier alpha value is -3.22. The van der Waals surface area contributed by atoms with Crippen LogP contribution in [0, 0.1) is 0 Å².